The first-order valence-corrected chi connectivity index (χ1v) is 7.72. The fraction of sp³-hybridized carbons (Fsp3) is 0.500. The van der Waals surface area contributed by atoms with E-state index in [4.69, 9.17) is 11.6 Å². The number of benzene rings is 1. The lowest BCUT2D eigenvalue weighted by Gasteiger charge is -2.28. The Labute approximate surface area is 107 Å². The molecule has 1 unspecified atom stereocenters. The molecule has 1 N–H and O–H groups in total. The molecular weight excluding hydrogens is 258 g/mol. The predicted octanol–water partition coefficient (Wildman–Crippen LogP) is 2.56. The number of nitrogens with one attached hydrogen (secondary N) is 1. The summed E-state index contributed by atoms with van der Waals surface area (Å²) in [6, 6.07) is 5.67. The number of hydrogen-bond acceptors (Lipinski definition) is 3. The van der Waals surface area contributed by atoms with E-state index < -0.39 is 9.84 Å². The third-order valence-corrected chi connectivity index (χ3v) is 5.17. The fourth-order valence-corrected chi connectivity index (χ4v) is 4.45. The third kappa shape index (κ3) is 2.49. The summed E-state index contributed by atoms with van der Waals surface area (Å²) in [5.41, 5.74) is 0.803. The van der Waals surface area contributed by atoms with Crippen LogP contribution in [-0.2, 0) is 9.84 Å². The lowest BCUT2D eigenvalue weighted by atomic mass is 10.0. The van der Waals surface area contributed by atoms with Gasteiger partial charge in [-0.3, -0.25) is 0 Å². The molecule has 5 heteroatoms. The summed E-state index contributed by atoms with van der Waals surface area (Å²) in [5, 5.41) is 3.71. The summed E-state index contributed by atoms with van der Waals surface area (Å²) in [7, 11) is -3.21. The van der Waals surface area contributed by atoms with Gasteiger partial charge in [0.05, 0.1) is 15.7 Å². The minimum Gasteiger partial charge on any atom is -0.308 e. The van der Waals surface area contributed by atoms with Crippen LogP contribution in [-0.4, -0.2) is 20.2 Å². The van der Waals surface area contributed by atoms with E-state index in [1.807, 2.05) is 19.9 Å². The summed E-state index contributed by atoms with van der Waals surface area (Å²) in [6.45, 7) is 4.10. The van der Waals surface area contributed by atoms with Gasteiger partial charge in [-0.15, -0.1) is 0 Å². The smallest absolute Gasteiger partial charge is 0.180 e. The van der Waals surface area contributed by atoms with Crippen molar-refractivity contribution in [3.8, 4) is 0 Å². The van der Waals surface area contributed by atoms with E-state index in [1.165, 1.54) is 0 Å². The Balaban J connectivity index is 2.53. The van der Waals surface area contributed by atoms with Crippen molar-refractivity contribution in [2.24, 2.45) is 0 Å². The zero-order valence-corrected chi connectivity index (χ0v) is 11.5. The van der Waals surface area contributed by atoms with Crippen LogP contribution in [0.5, 0.6) is 0 Å². The van der Waals surface area contributed by atoms with E-state index in [-0.39, 0.29) is 11.8 Å². The van der Waals surface area contributed by atoms with E-state index in [0.29, 0.717) is 22.4 Å². The molecule has 1 aliphatic rings. The quantitative estimate of drug-likeness (QED) is 0.901. The Morgan fingerprint density at radius 1 is 1.41 bits per heavy atom. The van der Waals surface area contributed by atoms with Crippen LogP contribution in [0.25, 0.3) is 0 Å². The van der Waals surface area contributed by atoms with Gasteiger partial charge in [0.15, 0.2) is 9.84 Å². The molecule has 1 aliphatic heterocycles. The fourth-order valence-electron chi connectivity index (χ4n) is 2.23. The summed E-state index contributed by atoms with van der Waals surface area (Å²) < 4.78 is 24.0. The predicted molar refractivity (Wildman–Crippen MR) is 69.1 cm³/mol. The largest absolute Gasteiger partial charge is 0.308 e. The van der Waals surface area contributed by atoms with Crippen LogP contribution >= 0.6 is 11.6 Å². The summed E-state index contributed by atoms with van der Waals surface area (Å²) in [4.78, 5) is 0.311. The molecule has 0 saturated carbocycles. The number of sulfone groups is 1. The topological polar surface area (TPSA) is 46.2 Å². The van der Waals surface area contributed by atoms with Crippen molar-refractivity contribution in [1.82, 2.24) is 5.32 Å². The zero-order valence-electron chi connectivity index (χ0n) is 9.90. The lowest BCUT2D eigenvalue weighted by molar-refractivity contribution is 0.450. The Morgan fingerprint density at radius 2 is 2.12 bits per heavy atom. The second-order valence-corrected chi connectivity index (χ2v) is 7.09. The maximum Gasteiger partial charge on any atom is 0.180 e. The van der Waals surface area contributed by atoms with Crippen molar-refractivity contribution in [3.63, 3.8) is 0 Å². The highest BCUT2D eigenvalue weighted by atomic mass is 35.5. The van der Waals surface area contributed by atoms with Gasteiger partial charge >= 0.3 is 0 Å². The summed E-state index contributed by atoms with van der Waals surface area (Å²) in [6.07, 6.45) is 0.605. The first-order chi connectivity index (χ1) is 7.92. The van der Waals surface area contributed by atoms with E-state index in [9.17, 15) is 8.42 Å². The minimum atomic E-state index is -3.21. The van der Waals surface area contributed by atoms with Crippen molar-refractivity contribution in [3.05, 3.63) is 28.8 Å². The lowest BCUT2D eigenvalue weighted by Crippen LogP contribution is -2.33. The SMILES string of the molecule is CC(C)NC1CCS(=O)(=O)c2c(Cl)cccc21. The second kappa shape index (κ2) is 4.59. The van der Waals surface area contributed by atoms with Gasteiger partial charge in [0.2, 0.25) is 0 Å². The molecule has 1 heterocycles. The molecule has 0 bridgehead atoms. The summed E-state index contributed by atoms with van der Waals surface area (Å²) >= 11 is 6.02. The molecule has 1 aromatic carbocycles. The number of rotatable bonds is 2. The van der Waals surface area contributed by atoms with E-state index in [1.54, 1.807) is 12.1 Å². The van der Waals surface area contributed by atoms with Crippen LogP contribution in [0.4, 0.5) is 0 Å². The highest BCUT2D eigenvalue weighted by molar-refractivity contribution is 7.91. The maximum absolute atomic E-state index is 12.0. The van der Waals surface area contributed by atoms with Crippen molar-refractivity contribution in [1.29, 1.82) is 0 Å². The van der Waals surface area contributed by atoms with E-state index >= 15 is 0 Å². The average Bonchev–Trinajstić information content (AvgIpc) is 2.21. The molecule has 0 aliphatic carbocycles. The van der Waals surface area contributed by atoms with Gasteiger partial charge in [0.1, 0.15) is 0 Å². The van der Waals surface area contributed by atoms with Crippen LogP contribution in [0, 0.1) is 0 Å². The molecule has 0 saturated heterocycles. The number of fused-ring (bicyclic) bond motifs is 1. The van der Waals surface area contributed by atoms with Gasteiger partial charge in [-0.2, -0.15) is 0 Å². The van der Waals surface area contributed by atoms with Crippen molar-refractivity contribution >= 4 is 21.4 Å². The highest BCUT2D eigenvalue weighted by Gasteiger charge is 2.32. The molecule has 0 fully saturated rings. The maximum atomic E-state index is 12.0. The minimum absolute atomic E-state index is 0.0761. The molecule has 2 rings (SSSR count). The molecule has 0 radical (unpaired) electrons. The van der Waals surface area contributed by atoms with Crippen LogP contribution in [0.2, 0.25) is 5.02 Å². The molecule has 3 nitrogen and oxygen atoms in total. The van der Waals surface area contributed by atoms with E-state index in [2.05, 4.69) is 5.32 Å². The molecule has 1 aromatic rings. The molecule has 0 amide bonds. The number of hydrogen-bond donors (Lipinski definition) is 1. The second-order valence-electron chi connectivity index (χ2n) is 4.64. The Hall–Kier alpha value is -0.580. The van der Waals surface area contributed by atoms with Gasteiger partial charge in [0, 0.05) is 12.1 Å². The average molecular weight is 274 g/mol. The van der Waals surface area contributed by atoms with Crippen molar-refractivity contribution < 1.29 is 8.42 Å². The molecule has 0 aromatic heterocycles. The standard InChI is InChI=1S/C12H16ClNO2S/c1-8(2)14-11-6-7-17(15,16)12-9(11)4-3-5-10(12)13/h3-5,8,11,14H,6-7H2,1-2H3. The Bertz CT molecular complexity index is 525. The molecule has 94 valence electrons. The van der Waals surface area contributed by atoms with Crippen LogP contribution in [0.1, 0.15) is 31.9 Å². The Kier molecular flexibility index (Phi) is 3.48. The monoisotopic (exact) mass is 273 g/mol. The normalized spacial score (nSPS) is 22.5. The molecular formula is C12H16ClNO2S. The Morgan fingerprint density at radius 3 is 2.76 bits per heavy atom. The van der Waals surface area contributed by atoms with Gasteiger partial charge < -0.3 is 5.32 Å². The number of halogens is 1. The molecule has 0 spiro atoms. The van der Waals surface area contributed by atoms with Crippen molar-refractivity contribution in [2.75, 3.05) is 5.75 Å². The molecule has 17 heavy (non-hydrogen) atoms. The van der Waals surface area contributed by atoms with Gasteiger partial charge in [0.25, 0.3) is 0 Å². The van der Waals surface area contributed by atoms with E-state index in [0.717, 1.165) is 5.56 Å². The van der Waals surface area contributed by atoms with Crippen LogP contribution in [0.15, 0.2) is 23.1 Å². The molecule has 1 atom stereocenters. The zero-order chi connectivity index (χ0) is 12.6. The van der Waals surface area contributed by atoms with Crippen LogP contribution < -0.4 is 5.32 Å². The highest BCUT2D eigenvalue weighted by Crippen LogP contribution is 2.36. The van der Waals surface area contributed by atoms with Gasteiger partial charge in [-0.05, 0) is 18.1 Å². The third-order valence-electron chi connectivity index (χ3n) is 2.89. The first-order valence-electron chi connectivity index (χ1n) is 5.69. The first kappa shape index (κ1) is 12.9. The van der Waals surface area contributed by atoms with Crippen LogP contribution in [0.3, 0.4) is 0 Å². The van der Waals surface area contributed by atoms with Gasteiger partial charge in [-0.25, -0.2) is 8.42 Å². The van der Waals surface area contributed by atoms with Crippen molar-refractivity contribution in [2.45, 2.75) is 37.2 Å². The van der Waals surface area contributed by atoms with Gasteiger partial charge in [-0.1, -0.05) is 37.6 Å². The summed E-state index contributed by atoms with van der Waals surface area (Å²) in [5.74, 6) is 0.161.